The standard InChI is InChI=1S/C15H15BrN2O2/c1-20-13-8-4-6-11(14(13)17)15(19)18-9-10-5-2-3-7-12(10)16/h2-8H,9,17H2,1H3,(H,18,19). The first-order chi connectivity index (χ1) is 9.63. The van der Waals surface area contributed by atoms with E-state index in [1.165, 1.54) is 7.11 Å². The van der Waals surface area contributed by atoms with Crippen molar-refractivity contribution in [3.05, 3.63) is 58.1 Å². The number of nitrogens with two attached hydrogens (primary N) is 1. The topological polar surface area (TPSA) is 64.3 Å². The van der Waals surface area contributed by atoms with E-state index in [0.29, 0.717) is 23.5 Å². The third-order valence-electron chi connectivity index (χ3n) is 2.93. The molecule has 0 saturated carbocycles. The molecule has 1 amide bonds. The number of ether oxygens (including phenoxy) is 1. The van der Waals surface area contributed by atoms with Crippen LogP contribution in [0.1, 0.15) is 15.9 Å². The van der Waals surface area contributed by atoms with E-state index in [-0.39, 0.29) is 5.91 Å². The van der Waals surface area contributed by atoms with Crippen LogP contribution in [0.15, 0.2) is 46.9 Å². The molecule has 0 heterocycles. The molecule has 0 saturated heterocycles. The van der Waals surface area contributed by atoms with Gasteiger partial charge in [-0.15, -0.1) is 0 Å². The Kier molecular flexibility index (Phi) is 4.63. The number of amides is 1. The zero-order valence-corrected chi connectivity index (χ0v) is 12.6. The number of para-hydroxylation sites is 1. The number of carbonyl (C=O) groups excluding carboxylic acids is 1. The van der Waals surface area contributed by atoms with Gasteiger partial charge in [-0.05, 0) is 23.8 Å². The summed E-state index contributed by atoms with van der Waals surface area (Å²) in [7, 11) is 1.52. The van der Waals surface area contributed by atoms with Gasteiger partial charge in [0.05, 0.1) is 18.4 Å². The zero-order chi connectivity index (χ0) is 14.5. The summed E-state index contributed by atoms with van der Waals surface area (Å²) in [6.07, 6.45) is 0. The van der Waals surface area contributed by atoms with Crippen molar-refractivity contribution in [3.63, 3.8) is 0 Å². The van der Waals surface area contributed by atoms with Crippen molar-refractivity contribution >= 4 is 27.5 Å². The molecule has 0 aliphatic rings. The third kappa shape index (κ3) is 3.11. The minimum absolute atomic E-state index is 0.225. The summed E-state index contributed by atoms with van der Waals surface area (Å²) in [6, 6.07) is 12.9. The van der Waals surface area contributed by atoms with E-state index < -0.39 is 0 Å². The van der Waals surface area contributed by atoms with Crippen LogP contribution in [0.4, 0.5) is 5.69 Å². The van der Waals surface area contributed by atoms with Crippen molar-refractivity contribution in [1.82, 2.24) is 5.32 Å². The van der Waals surface area contributed by atoms with Gasteiger partial charge in [-0.3, -0.25) is 4.79 Å². The molecular weight excluding hydrogens is 320 g/mol. The Morgan fingerprint density at radius 3 is 2.70 bits per heavy atom. The van der Waals surface area contributed by atoms with Gasteiger partial charge in [0.1, 0.15) is 5.75 Å². The van der Waals surface area contributed by atoms with Crippen molar-refractivity contribution in [1.29, 1.82) is 0 Å². The highest BCUT2D eigenvalue weighted by molar-refractivity contribution is 9.10. The lowest BCUT2D eigenvalue weighted by atomic mass is 10.1. The van der Waals surface area contributed by atoms with Gasteiger partial charge in [-0.1, -0.05) is 40.2 Å². The van der Waals surface area contributed by atoms with Crippen molar-refractivity contribution in [3.8, 4) is 5.75 Å². The summed E-state index contributed by atoms with van der Waals surface area (Å²) in [4.78, 5) is 12.2. The Bertz CT molecular complexity index is 629. The summed E-state index contributed by atoms with van der Waals surface area (Å²) in [5, 5.41) is 2.84. The van der Waals surface area contributed by atoms with Crippen LogP contribution < -0.4 is 15.8 Å². The van der Waals surface area contributed by atoms with E-state index in [0.717, 1.165) is 10.0 Å². The van der Waals surface area contributed by atoms with Crippen LogP contribution >= 0.6 is 15.9 Å². The minimum Gasteiger partial charge on any atom is -0.495 e. The highest BCUT2D eigenvalue weighted by Crippen LogP contribution is 2.24. The zero-order valence-electron chi connectivity index (χ0n) is 11.0. The molecule has 0 spiro atoms. The lowest BCUT2D eigenvalue weighted by Gasteiger charge is -2.11. The quantitative estimate of drug-likeness (QED) is 0.845. The summed E-state index contributed by atoms with van der Waals surface area (Å²) < 4.78 is 6.06. The Hall–Kier alpha value is -2.01. The van der Waals surface area contributed by atoms with Gasteiger partial charge in [0.15, 0.2) is 0 Å². The van der Waals surface area contributed by atoms with E-state index in [1.54, 1.807) is 18.2 Å². The molecule has 20 heavy (non-hydrogen) atoms. The molecule has 3 N–H and O–H groups in total. The Labute approximate surface area is 126 Å². The van der Waals surface area contributed by atoms with Crippen LogP contribution in [0.25, 0.3) is 0 Å². The highest BCUT2D eigenvalue weighted by atomic mass is 79.9. The molecule has 4 nitrogen and oxygen atoms in total. The number of benzene rings is 2. The average Bonchev–Trinajstić information content (AvgIpc) is 2.46. The van der Waals surface area contributed by atoms with Gasteiger partial charge in [-0.25, -0.2) is 0 Å². The normalized spacial score (nSPS) is 10.1. The third-order valence-corrected chi connectivity index (χ3v) is 3.70. The number of nitrogen functional groups attached to an aromatic ring is 1. The highest BCUT2D eigenvalue weighted by Gasteiger charge is 2.12. The van der Waals surface area contributed by atoms with Crippen LogP contribution in [-0.4, -0.2) is 13.0 Å². The first kappa shape index (κ1) is 14.4. The first-order valence-corrected chi connectivity index (χ1v) is 6.87. The maximum absolute atomic E-state index is 12.2. The number of halogens is 1. The largest absolute Gasteiger partial charge is 0.495 e. The number of hydrogen-bond donors (Lipinski definition) is 2. The summed E-state index contributed by atoms with van der Waals surface area (Å²) in [6.45, 7) is 0.427. The van der Waals surface area contributed by atoms with Crippen molar-refractivity contribution in [2.24, 2.45) is 0 Å². The van der Waals surface area contributed by atoms with E-state index in [2.05, 4.69) is 21.2 Å². The predicted molar refractivity (Wildman–Crippen MR) is 82.7 cm³/mol. The molecular formula is C15H15BrN2O2. The Morgan fingerprint density at radius 2 is 2.00 bits per heavy atom. The number of methoxy groups -OCH3 is 1. The molecule has 0 bridgehead atoms. The van der Waals surface area contributed by atoms with E-state index >= 15 is 0 Å². The van der Waals surface area contributed by atoms with Gasteiger partial charge in [0.25, 0.3) is 5.91 Å². The lowest BCUT2D eigenvalue weighted by Crippen LogP contribution is -2.24. The van der Waals surface area contributed by atoms with Crippen LogP contribution in [0, 0.1) is 0 Å². The summed E-state index contributed by atoms with van der Waals surface area (Å²) in [5.41, 5.74) is 7.66. The fourth-order valence-electron chi connectivity index (χ4n) is 1.83. The second-order valence-electron chi connectivity index (χ2n) is 4.20. The summed E-state index contributed by atoms with van der Waals surface area (Å²) in [5.74, 6) is 0.274. The van der Waals surface area contributed by atoms with Gasteiger partial charge in [0.2, 0.25) is 0 Å². The second-order valence-corrected chi connectivity index (χ2v) is 5.05. The summed E-state index contributed by atoms with van der Waals surface area (Å²) >= 11 is 3.44. The van der Waals surface area contributed by atoms with E-state index in [9.17, 15) is 4.79 Å². The van der Waals surface area contributed by atoms with E-state index in [4.69, 9.17) is 10.5 Å². The van der Waals surface area contributed by atoms with E-state index in [1.807, 2.05) is 24.3 Å². The molecule has 104 valence electrons. The molecule has 2 aromatic rings. The molecule has 0 radical (unpaired) electrons. The number of hydrogen-bond acceptors (Lipinski definition) is 3. The van der Waals surface area contributed by atoms with Crippen molar-refractivity contribution in [2.75, 3.05) is 12.8 Å². The van der Waals surface area contributed by atoms with Crippen LogP contribution in [-0.2, 0) is 6.54 Å². The number of carbonyl (C=O) groups is 1. The maximum Gasteiger partial charge on any atom is 0.253 e. The minimum atomic E-state index is -0.225. The number of nitrogens with one attached hydrogen (secondary N) is 1. The SMILES string of the molecule is COc1cccc(C(=O)NCc2ccccc2Br)c1N. The smallest absolute Gasteiger partial charge is 0.253 e. The lowest BCUT2D eigenvalue weighted by molar-refractivity contribution is 0.0951. The van der Waals surface area contributed by atoms with Crippen LogP contribution in [0.2, 0.25) is 0 Å². The van der Waals surface area contributed by atoms with Crippen LogP contribution in [0.3, 0.4) is 0 Å². The fraction of sp³-hybridized carbons (Fsp3) is 0.133. The second kappa shape index (κ2) is 6.43. The Morgan fingerprint density at radius 1 is 1.25 bits per heavy atom. The molecule has 0 unspecified atom stereocenters. The molecule has 5 heteroatoms. The molecule has 0 atom stereocenters. The molecule has 0 aromatic heterocycles. The van der Waals surface area contributed by atoms with Crippen LogP contribution in [0.5, 0.6) is 5.75 Å². The maximum atomic E-state index is 12.2. The van der Waals surface area contributed by atoms with Gasteiger partial charge in [-0.2, -0.15) is 0 Å². The monoisotopic (exact) mass is 334 g/mol. The van der Waals surface area contributed by atoms with Gasteiger partial charge in [0, 0.05) is 11.0 Å². The average molecular weight is 335 g/mol. The molecule has 0 aliphatic carbocycles. The van der Waals surface area contributed by atoms with Crippen molar-refractivity contribution in [2.45, 2.75) is 6.54 Å². The predicted octanol–water partition coefficient (Wildman–Crippen LogP) is 2.97. The molecule has 0 fully saturated rings. The van der Waals surface area contributed by atoms with Gasteiger partial charge >= 0.3 is 0 Å². The Balaban J connectivity index is 2.12. The molecule has 0 aliphatic heterocycles. The van der Waals surface area contributed by atoms with Crippen molar-refractivity contribution < 1.29 is 9.53 Å². The number of rotatable bonds is 4. The number of anilines is 1. The fourth-order valence-corrected chi connectivity index (χ4v) is 2.26. The molecule has 2 aromatic carbocycles. The first-order valence-electron chi connectivity index (χ1n) is 6.07. The molecule has 2 rings (SSSR count). The van der Waals surface area contributed by atoms with Gasteiger partial charge < -0.3 is 15.8 Å².